The van der Waals surface area contributed by atoms with Crippen molar-refractivity contribution in [3.63, 3.8) is 0 Å². The van der Waals surface area contributed by atoms with Gasteiger partial charge < -0.3 is 14.3 Å². The number of furan rings is 1. The summed E-state index contributed by atoms with van der Waals surface area (Å²) in [5.41, 5.74) is 3.60. The molecule has 34 heavy (non-hydrogen) atoms. The lowest BCUT2D eigenvalue weighted by Crippen LogP contribution is -2.29. The van der Waals surface area contributed by atoms with Crippen molar-refractivity contribution in [1.29, 1.82) is 0 Å². The zero-order chi connectivity index (χ0) is 24.8. The first-order valence-corrected chi connectivity index (χ1v) is 11.1. The molecule has 0 aliphatic carbocycles. The summed E-state index contributed by atoms with van der Waals surface area (Å²) in [7, 11) is 1.51. The number of aliphatic hydroxyl groups is 1. The second-order valence-corrected chi connectivity index (χ2v) is 9.64. The van der Waals surface area contributed by atoms with E-state index in [9.17, 15) is 14.7 Å². The number of rotatable bonds is 4. The van der Waals surface area contributed by atoms with E-state index >= 15 is 0 Å². The average Bonchev–Trinajstić information content (AvgIpc) is 3.39. The Hall–Kier alpha value is -3.80. The molecule has 0 spiro atoms. The SMILES string of the molecule is COc1c(C)cc(C)cc1/C(O)=C1/C(=O)C(=O)N(c2ccc(C(C)(C)C)cc2)C1c1ccco1. The Labute approximate surface area is 199 Å². The monoisotopic (exact) mass is 459 g/mol. The smallest absolute Gasteiger partial charge is 0.300 e. The van der Waals surface area contributed by atoms with Gasteiger partial charge in [-0.1, -0.05) is 39.0 Å². The summed E-state index contributed by atoms with van der Waals surface area (Å²) in [6.07, 6.45) is 1.48. The minimum atomic E-state index is -0.916. The predicted octanol–water partition coefficient (Wildman–Crippen LogP) is 5.83. The molecule has 4 rings (SSSR count). The molecule has 1 aromatic heterocycles. The van der Waals surface area contributed by atoms with Gasteiger partial charge in [-0.25, -0.2) is 0 Å². The van der Waals surface area contributed by atoms with Gasteiger partial charge in [0.15, 0.2) is 0 Å². The van der Waals surface area contributed by atoms with Crippen LogP contribution in [0.2, 0.25) is 0 Å². The van der Waals surface area contributed by atoms with Crippen molar-refractivity contribution in [3.05, 3.63) is 88.4 Å². The summed E-state index contributed by atoms with van der Waals surface area (Å²) in [6.45, 7) is 10.1. The van der Waals surface area contributed by atoms with Crippen molar-refractivity contribution in [2.24, 2.45) is 0 Å². The highest BCUT2D eigenvalue weighted by molar-refractivity contribution is 6.51. The molecule has 1 fully saturated rings. The number of nitrogens with zero attached hydrogens (tertiary/aromatic N) is 1. The molecule has 1 unspecified atom stereocenters. The number of hydrogen-bond donors (Lipinski definition) is 1. The van der Waals surface area contributed by atoms with Gasteiger partial charge in [-0.15, -0.1) is 0 Å². The molecule has 176 valence electrons. The third kappa shape index (κ3) is 3.89. The molecule has 1 aliphatic heterocycles. The minimum Gasteiger partial charge on any atom is -0.507 e. The zero-order valence-corrected chi connectivity index (χ0v) is 20.3. The van der Waals surface area contributed by atoms with E-state index in [0.717, 1.165) is 16.7 Å². The van der Waals surface area contributed by atoms with E-state index in [4.69, 9.17) is 9.15 Å². The van der Waals surface area contributed by atoms with Crippen LogP contribution in [0.15, 0.2) is 64.8 Å². The topological polar surface area (TPSA) is 80.0 Å². The fourth-order valence-electron chi connectivity index (χ4n) is 4.48. The summed E-state index contributed by atoms with van der Waals surface area (Å²) < 4.78 is 11.2. The van der Waals surface area contributed by atoms with Crippen molar-refractivity contribution in [3.8, 4) is 5.75 Å². The fourth-order valence-corrected chi connectivity index (χ4v) is 4.48. The lowest BCUT2D eigenvalue weighted by atomic mass is 9.87. The molecule has 0 radical (unpaired) electrons. The maximum absolute atomic E-state index is 13.3. The van der Waals surface area contributed by atoms with Gasteiger partial charge >= 0.3 is 0 Å². The summed E-state index contributed by atoms with van der Waals surface area (Å²) in [4.78, 5) is 28.0. The third-order valence-electron chi connectivity index (χ3n) is 6.15. The number of aliphatic hydroxyl groups excluding tert-OH is 1. The first kappa shape index (κ1) is 23.4. The van der Waals surface area contributed by atoms with Crippen molar-refractivity contribution in [2.75, 3.05) is 12.0 Å². The molecule has 2 aromatic carbocycles. The number of ether oxygens (including phenoxy) is 1. The van der Waals surface area contributed by atoms with Gasteiger partial charge in [-0.3, -0.25) is 14.5 Å². The number of hydrogen-bond acceptors (Lipinski definition) is 5. The lowest BCUT2D eigenvalue weighted by Gasteiger charge is -2.25. The number of Topliss-reactive ketones (excluding diaryl/α,β-unsaturated/α-hetero) is 1. The Morgan fingerprint density at radius 3 is 2.29 bits per heavy atom. The molecule has 1 N–H and O–H groups in total. The largest absolute Gasteiger partial charge is 0.507 e. The van der Waals surface area contributed by atoms with Crippen LogP contribution < -0.4 is 9.64 Å². The number of ketones is 1. The van der Waals surface area contributed by atoms with Crippen LogP contribution in [0, 0.1) is 13.8 Å². The van der Waals surface area contributed by atoms with Crippen LogP contribution >= 0.6 is 0 Å². The lowest BCUT2D eigenvalue weighted by molar-refractivity contribution is -0.132. The van der Waals surface area contributed by atoms with Crippen molar-refractivity contribution in [2.45, 2.75) is 46.1 Å². The standard InChI is InChI=1S/C28H29NO5/c1-16-14-17(2)26(33-6)20(15-16)24(30)22-23(21-8-7-13-34-21)29(27(32)25(22)31)19-11-9-18(10-12-19)28(3,4)5/h7-15,23,30H,1-6H3/b24-22-. The van der Waals surface area contributed by atoms with E-state index in [-0.39, 0.29) is 16.7 Å². The van der Waals surface area contributed by atoms with Gasteiger partial charge in [0, 0.05) is 5.69 Å². The number of anilines is 1. The van der Waals surface area contributed by atoms with E-state index < -0.39 is 17.7 Å². The molecular weight excluding hydrogens is 430 g/mol. The van der Waals surface area contributed by atoms with Crippen molar-refractivity contribution in [1.82, 2.24) is 0 Å². The highest BCUT2D eigenvalue weighted by Gasteiger charge is 2.48. The zero-order valence-electron chi connectivity index (χ0n) is 20.3. The van der Waals surface area contributed by atoms with Gasteiger partial charge in [-0.2, -0.15) is 0 Å². The molecule has 0 saturated carbocycles. The van der Waals surface area contributed by atoms with Crippen LogP contribution in [-0.2, 0) is 15.0 Å². The Bertz CT molecular complexity index is 1280. The van der Waals surface area contributed by atoms with Gasteiger partial charge in [-0.05, 0) is 66.3 Å². The van der Waals surface area contributed by atoms with Crippen LogP contribution in [0.1, 0.15) is 54.8 Å². The van der Waals surface area contributed by atoms with Crippen molar-refractivity contribution < 1.29 is 23.8 Å². The summed E-state index contributed by atoms with van der Waals surface area (Å²) >= 11 is 0. The maximum Gasteiger partial charge on any atom is 0.300 e. The molecule has 2 heterocycles. The highest BCUT2D eigenvalue weighted by atomic mass is 16.5. The summed E-state index contributed by atoms with van der Waals surface area (Å²) in [5, 5.41) is 11.4. The molecule has 6 heteroatoms. The molecule has 1 aliphatic rings. The van der Waals surface area contributed by atoms with Gasteiger partial charge in [0.05, 0.1) is 24.5 Å². The first-order valence-electron chi connectivity index (χ1n) is 11.1. The molecule has 1 saturated heterocycles. The van der Waals surface area contributed by atoms with Gasteiger partial charge in [0.2, 0.25) is 0 Å². The Morgan fingerprint density at radius 2 is 1.74 bits per heavy atom. The normalized spacial score (nSPS) is 17.9. The van der Waals surface area contributed by atoms with Crippen LogP contribution in [0.25, 0.3) is 5.76 Å². The molecule has 1 amide bonds. The number of methoxy groups -OCH3 is 1. The van der Waals surface area contributed by atoms with E-state index in [2.05, 4.69) is 20.8 Å². The number of carbonyl (C=O) groups is 2. The quantitative estimate of drug-likeness (QED) is 0.302. The Kier molecular flexibility index (Phi) is 5.86. The van der Waals surface area contributed by atoms with Crippen molar-refractivity contribution >= 4 is 23.1 Å². The Morgan fingerprint density at radius 1 is 1.06 bits per heavy atom. The molecule has 3 aromatic rings. The van der Waals surface area contributed by atoms with Crippen LogP contribution in [0.5, 0.6) is 5.75 Å². The van der Waals surface area contributed by atoms with Crippen LogP contribution in [0.3, 0.4) is 0 Å². The number of carbonyl (C=O) groups excluding carboxylic acids is 2. The Balaban J connectivity index is 1.93. The molecule has 6 nitrogen and oxygen atoms in total. The second-order valence-electron chi connectivity index (χ2n) is 9.64. The summed E-state index contributed by atoms with van der Waals surface area (Å²) in [6, 6.07) is 13.7. The van der Waals surface area contributed by atoms with Crippen LogP contribution in [0.4, 0.5) is 5.69 Å². The van der Waals surface area contributed by atoms with E-state index in [1.165, 1.54) is 18.3 Å². The molecule has 1 atom stereocenters. The van der Waals surface area contributed by atoms with E-state index in [0.29, 0.717) is 22.8 Å². The molecule has 0 bridgehead atoms. The maximum atomic E-state index is 13.3. The number of amides is 1. The second kappa shape index (κ2) is 8.52. The van der Waals surface area contributed by atoms with Gasteiger partial charge in [0.1, 0.15) is 23.3 Å². The van der Waals surface area contributed by atoms with Crippen LogP contribution in [-0.4, -0.2) is 23.9 Å². The minimum absolute atomic E-state index is 0.0388. The number of benzene rings is 2. The highest BCUT2D eigenvalue weighted by Crippen LogP contribution is 2.44. The van der Waals surface area contributed by atoms with E-state index in [1.807, 2.05) is 44.2 Å². The van der Waals surface area contributed by atoms with E-state index in [1.54, 1.807) is 18.2 Å². The predicted molar refractivity (Wildman–Crippen MR) is 131 cm³/mol. The fraction of sp³-hybridized carbons (Fsp3) is 0.286. The van der Waals surface area contributed by atoms with Gasteiger partial charge in [0.25, 0.3) is 11.7 Å². The molecular formula is C28H29NO5. The first-order chi connectivity index (χ1) is 16.0. The number of aryl methyl sites for hydroxylation is 2. The average molecular weight is 460 g/mol. The third-order valence-corrected chi connectivity index (χ3v) is 6.15. The summed E-state index contributed by atoms with van der Waals surface area (Å²) in [5.74, 6) is -0.974.